The van der Waals surface area contributed by atoms with Crippen molar-refractivity contribution in [2.45, 2.75) is 63.4 Å². The van der Waals surface area contributed by atoms with Crippen LogP contribution in [-0.4, -0.2) is 43.7 Å². The molecule has 0 spiro atoms. The monoisotopic (exact) mass is 495 g/mol. The molecule has 0 aromatic heterocycles. The van der Waals surface area contributed by atoms with Crippen LogP contribution in [0.4, 0.5) is 5.69 Å². The van der Waals surface area contributed by atoms with Crippen molar-refractivity contribution in [1.29, 1.82) is 0 Å². The van der Waals surface area contributed by atoms with Gasteiger partial charge in [-0.3, -0.25) is 9.59 Å². The fraction of sp³-hybridized carbons (Fsp3) is 0.481. The normalized spacial score (nSPS) is 21.1. The van der Waals surface area contributed by atoms with E-state index in [1.165, 1.54) is 9.87 Å². The number of carbonyl (C=O) groups excluding carboxylic acids is 2. The summed E-state index contributed by atoms with van der Waals surface area (Å²) in [4.78, 5) is 27.5. The number of hydrogen-bond donors (Lipinski definition) is 1. The van der Waals surface area contributed by atoms with Crippen molar-refractivity contribution in [1.82, 2.24) is 9.62 Å². The highest BCUT2D eigenvalue weighted by molar-refractivity contribution is 7.89. The lowest BCUT2D eigenvalue weighted by molar-refractivity contribution is -0.126. The molecule has 2 fully saturated rings. The number of carbonyl (C=O) groups is 2. The van der Waals surface area contributed by atoms with Crippen molar-refractivity contribution < 1.29 is 18.0 Å². The van der Waals surface area contributed by atoms with E-state index in [1.807, 2.05) is 43.0 Å². The van der Waals surface area contributed by atoms with Crippen molar-refractivity contribution in [2.75, 3.05) is 18.0 Å². The van der Waals surface area contributed by atoms with E-state index in [9.17, 15) is 18.0 Å². The quantitative estimate of drug-likeness (QED) is 0.666. The van der Waals surface area contributed by atoms with E-state index in [0.29, 0.717) is 38.9 Å². The molecule has 5 rings (SSSR count). The van der Waals surface area contributed by atoms with Gasteiger partial charge in [-0.2, -0.15) is 4.31 Å². The zero-order chi connectivity index (χ0) is 24.7. The van der Waals surface area contributed by atoms with Crippen molar-refractivity contribution in [3.05, 3.63) is 59.2 Å². The van der Waals surface area contributed by atoms with Gasteiger partial charge in [-0.15, -0.1) is 0 Å². The van der Waals surface area contributed by atoms with Crippen LogP contribution in [0.25, 0.3) is 0 Å². The molecule has 2 aliphatic heterocycles. The molecule has 8 heteroatoms. The zero-order valence-electron chi connectivity index (χ0n) is 20.4. The lowest BCUT2D eigenvalue weighted by Gasteiger charge is -2.30. The number of rotatable bonds is 6. The second-order valence-corrected chi connectivity index (χ2v) is 12.1. The van der Waals surface area contributed by atoms with Crippen LogP contribution < -0.4 is 10.2 Å². The predicted octanol–water partition coefficient (Wildman–Crippen LogP) is 3.40. The number of amides is 2. The molecule has 1 saturated carbocycles. The Morgan fingerprint density at radius 2 is 1.66 bits per heavy atom. The van der Waals surface area contributed by atoms with E-state index in [2.05, 4.69) is 5.32 Å². The molecular weight excluding hydrogens is 462 g/mol. The van der Waals surface area contributed by atoms with Gasteiger partial charge in [0.1, 0.15) is 0 Å². The minimum Gasteiger partial charge on any atom is -0.352 e. The summed E-state index contributed by atoms with van der Waals surface area (Å²) in [6, 6.07) is 13.2. The zero-order valence-corrected chi connectivity index (χ0v) is 21.2. The van der Waals surface area contributed by atoms with Crippen molar-refractivity contribution in [3.8, 4) is 0 Å². The average Bonchev–Trinajstić information content (AvgIpc) is 3.65. The number of fused-ring (bicyclic) bond motifs is 1. The number of nitrogens with one attached hydrogen (secondary N) is 1. The Kier molecular flexibility index (Phi) is 6.44. The van der Waals surface area contributed by atoms with Gasteiger partial charge in [-0.25, -0.2) is 8.42 Å². The Morgan fingerprint density at radius 3 is 2.31 bits per heavy atom. The van der Waals surface area contributed by atoms with Crippen LogP contribution in [0.1, 0.15) is 49.3 Å². The van der Waals surface area contributed by atoms with Crippen molar-refractivity contribution in [2.24, 2.45) is 11.8 Å². The molecule has 2 amide bonds. The van der Waals surface area contributed by atoms with E-state index in [1.54, 1.807) is 18.2 Å². The van der Waals surface area contributed by atoms with Crippen molar-refractivity contribution >= 4 is 27.5 Å². The topological polar surface area (TPSA) is 86.8 Å². The van der Waals surface area contributed by atoms with Crippen LogP contribution in [0.15, 0.2) is 47.4 Å². The van der Waals surface area contributed by atoms with Crippen molar-refractivity contribution in [3.63, 3.8) is 0 Å². The summed E-state index contributed by atoms with van der Waals surface area (Å²) < 4.78 is 28.2. The predicted molar refractivity (Wildman–Crippen MR) is 134 cm³/mol. The second-order valence-electron chi connectivity index (χ2n) is 10.2. The summed E-state index contributed by atoms with van der Waals surface area (Å²) in [5.74, 6) is 0.0844. The van der Waals surface area contributed by atoms with Crippen LogP contribution >= 0.6 is 0 Å². The SMILES string of the molecule is Cc1ccc(CNC(=O)C2CCN(S(=O)(=O)c3ccc4c(c3)C[C@@H](C)N4C(=O)C3CC3)CC2)cc1. The highest BCUT2D eigenvalue weighted by atomic mass is 32.2. The van der Waals surface area contributed by atoms with Gasteiger partial charge >= 0.3 is 0 Å². The first-order valence-corrected chi connectivity index (χ1v) is 14.0. The highest BCUT2D eigenvalue weighted by Gasteiger charge is 2.40. The number of sulfonamides is 1. The Bertz CT molecular complexity index is 1230. The molecule has 1 saturated heterocycles. The summed E-state index contributed by atoms with van der Waals surface area (Å²) >= 11 is 0. The first kappa shape index (κ1) is 24.0. The maximum atomic E-state index is 13.4. The van der Waals surface area contributed by atoms with Gasteiger partial charge in [0.15, 0.2) is 0 Å². The molecule has 0 unspecified atom stereocenters. The molecule has 1 atom stereocenters. The third kappa shape index (κ3) is 4.86. The lowest BCUT2D eigenvalue weighted by Crippen LogP contribution is -2.42. The molecule has 2 heterocycles. The number of hydrogen-bond acceptors (Lipinski definition) is 4. The Labute approximate surface area is 207 Å². The van der Waals surface area contributed by atoms with Gasteiger partial charge in [0, 0.05) is 43.2 Å². The van der Waals surface area contributed by atoms with Crippen LogP contribution in [-0.2, 0) is 32.6 Å². The molecule has 1 aliphatic carbocycles. The van der Waals surface area contributed by atoms with E-state index >= 15 is 0 Å². The van der Waals surface area contributed by atoms with Crippen LogP contribution in [0, 0.1) is 18.8 Å². The first-order valence-electron chi connectivity index (χ1n) is 12.5. The number of anilines is 1. The van der Waals surface area contributed by atoms with E-state index in [-0.39, 0.29) is 34.6 Å². The number of piperidine rings is 1. The third-order valence-electron chi connectivity index (χ3n) is 7.48. The molecule has 2 aromatic carbocycles. The summed E-state index contributed by atoms with van der Waals surface area (Å²) in [5.41, 5.74) is 3.98. The summed E-state index contributed by atoms with van der Waals surface area (Å²) in [6.45, 7) is 5.17. The van der Waals surface area contributed by atoms with E-state index in [0.717, 1.165) is 29.7 Å². The van der Waals surface area contributed by atoms with Gasteiger partial charge in [0.25, 0.3) is 0 Å². The first-order chi connectivity index (χ1) is 16.7. The van der Waals surface area contributed by atoms with Crippen LogP contribution in [0.3, 0.4) is 0 Å². The van der Waals surface area contributed by atoms with Gasteiger partial charge in [0.05, 0.1) is 4.90 Å². The maximum absolute atomic E-state index is 13.4. The molecule has 35 heavy (non-hydrogen) atoms. The average molecular weight is 496 g/mol. The lowest BCUT2D eigenvalue weighted by atomic mass is 9.97. The Balaban J connectivity index is 1.20. The van der Waals surface area contributed by atoms with Gasteiger partial charge in [-0.1, -0.05) is 29.8 Å². The number of benzene rings is 2. The molecule has 3 aliphatic rings. The fourth-order valence-electron chi connectivity index (χ4n) is 5.18. The molecule has 0 bridgehead atoms. The molecule has 1 N–H and O–H groups in total. The van der Waals surface area contributed by atoms with E-state index in [4.69, 9.17) is 0 Å². The minimum absolute atomic E-state index is 0.0189. The Hall–Kier alpha value is -2.71. The molecule has 2 aromatic rings. The summed E-state index contributed by atoms with van der Waals surface area (Å²) in [7, 11) is -3.65. The molecular formula is C27H33N3O4S. The van der Waals surface area contributed by atoms with Gasteiger partial charge in [-0.05, 0) is 75.3 Å². The standard InChI is InChI=1S/C27H33N3O4S/c1-18-3-5-20(6-4-18)17-28-26(31)21-11-13-29(14-12-21)35(33,34)24-9-10-25-23(16-24)15-19(2)30(25)27(32)22-7-8-22/h3-6,9-10,16,19,21-22H,7-8,11-15,17H2,1-2H3,(H,28,31)/t19-/m1/s1. The Morgan fingerprint density at radius 1 is 0.971 bits per heavy atom. The van der Waals surface area contributed by atoms with Gasteiger partial charge < -0.3 is 10.2 Å². The number of aryl methyl sites for hydroxylation is 1. The largest absolute Gasteiger partial charge is 0.352 e. The molecule has 7 nitrogen and oxygen atoms in total. The minimum atomic E-state index is -3.65. The smallest absolute Gasteiger partial charge is 0.243 e. The number of nitrogens with zero attached hydrogens (tertiary/aromatic N) is 2. The third-order valence-corrected chi connectivity index (χ3v) is 9.38. The summed E-state index contributed by atoms with van der Waals surface area (Å²) in [6.07, 6.45) is 3.57. The van der Waals surface area contributed by atoms with Crippen LogP contribution in [0.2, 0.25) is 0 Å². The highest BCUT2D eigenvalue weighted by Crippen LogP contribution is 2.40. The van der Waals surface area contributed by atoms with E-state index < -0.39 is 10.0 Å². The summed E-state index contributed by atoms with van der Waals surface area (Å²) in [5, 5.41) is 2.99. The fourth-order valence-corrected chi connectivity index (χ4v) is 6.70. The van der Waals surface area contributed by atoms with Gasteiger partial charge in [0.2, 0.25) is 21.8 Å². The second kappa shape index (κ2) is 9.39. The van der Waals surface area contributed by atoms with Crippen LogP contribution in [0.5, 0.6) is 0 Å². The maximum Gasteiger partial charge on any atom is 0.243 e. The molecule has 186 valence electrons. The molecule has 0 radical (unpaired) electrons.